The Morgan fingerprint density at radius 1 is 1.48 bits per heavy atom. The summed E-state index contributed by atoms with van der Waals surface area (Å²) in [5, 5.41) is 9.93. The van der Waals surface area contributed by atoms with E-state index in [9.17, 15) is 9.18 Å². The zero-order valence-corrected chi connectivity index (χ0v) is 12.2. The van der Waals surface area contributed by atoms with Gasteiger partial charge >= 0.3 is 0 Å². The van der Waals surface area contributed by atoms with Crippen molar-refractivity contribution in [1.82, 2.24) is 19.7 Å². The Kier molecular flexibility index (Phi) is 3.38. The molecule has 8 heteroatoms. The number of pyridine rings is 1. The molecule has 1 unspecified atom stereocenters. The first-order valence-corrected chi connectivity index (χ1v) is 7.14. The normalized spacial score (nSPS) is 12.5. The summed E-state index contributed by atoms with van der Waals surface area (Å²) >= 11 is 1.31. The van der Waals surface area contributed by atoms with Crippen LogP contribution < -0.4 is 5.32 Å². The monoisotopic (exact) mass is 305 g/mol. The summed E-state index contributed by atoms with van der Waals surface area (Å²) in [6, 6.07) is 1.71. The lowest BCUT2D eigenvalue weighted by molar-refractivity contribution is -0.114. The Hall–Kier alpha value is -2.35. The molecule has 0 aliphatic carbocycles. The van der Waals surface area contributed by atoms with Crippen LogP contribution in [0, 0.1) is 0 Å². The molecule has 1 N–H and O–H groups in total. The Morgan fingerprint density at radius 3 is 2.95 bits per heavy atom. The summed E-state index contributed by atoms with van der Waals surface area (Å²) in [6.07, 6.45) is 2.16. The Balaban J connectivity index is 2.06. The van der Waals surface area contributed by atoms with Crippen molar-refractivity contribution in [1.29, 1.82) is 0 Å². The van der Waals surface area contributed by atoms with Gasteiger partial charge in [0.2, 0.25) is 11.0 Å². The highest BCUT2D eigenvalue weighted by Gasteiger charge is 2.13. The maximum absolute atomic E-state index is 13.3. The summed E-state index contributed by atoms with van der Waals surface area (Å²) in [4.78, 5) is 19.4. The average Bonchev–Trinajstić information content (AvgIpc) is 3.02. The van der Waals surface area contributed by atoms with Crippen molar-refractivity contribution < 1.29 is 9.18 Å². The zero-order valence-electron chi connectivity index (χ0n) is 11.4. The number of nitrogens with one attached hydrogen (secondary N) is 1. The number of thiazole rings is 1. The quantitative estimate of drug-likeness (QED) is 0.807. The number of amides is 1. The fourth-order valence-electron chi connectivity index (χ4n) is 1.88. The molecule has 3 rings (SSSR count). The highest BCUT2D eigenvalue weighted by molar-refractivity contribution is 7.12. The maximum atomic E-state index is 13.3. The standard InChI is InChI=1S/C13H12FN5OS/c1-7(14)10-6-21-13(18-10)19-11-3-12(17-8(2)20)15-4-9(11)5-16-19/h3-7H,1-2H3,(H,15,17,20). The van der Waals surface area contributed by atoms with Gasteiger partial charge in [0.25, 0.3) is 0 Å². The van der Waals surface area contributed by atoms with E-state index in [1.54, 1.807) is 28.5 Å². The number of anilines is 1. The molecule has 0 fully saturated rings. The first kappa shape index (κ1) is 13.6. The number of hydrogen-bond donors (Lipinski definition) is 1. The van der Waals surface area contributed by atoms with Crippen LogP contribution in [0.1, 0.15) is 25.7 Å². The van der Waals surface area contributed by atoms with E-state index < -0.39 is 6.17 Å². The maximum Gasteiger partial charge on any atom is 0.222 e. The fraction of sp³-hybridized carbons (Fsp3) is 0.231. The van der Waals surface area contributed by atoms with Gasteiger partial charge in [-0.25, -0.2) is 19.0 Å². The molecule has 3 heterocycles. The average molecular weight is 305 g/mol. The van der Waals surface area contributed by atoms with Crippen molar-refractivity contribution in [2.45, 2.75) is 20.0 Å². The predicted octanol–water partition coefficient (Wildman–Crippen LogP) is 2.87. The number of alkyl halides is 1. The van der Waals surface area contributed by atoms with Crippen molar-refractivity contribution in [2.75, 3.05) is 5.32 Å². The third-order valence-corrected chi connectivity index (χ3v) is 3.69. The van der Waals surface area contributed by atoms with Gasteiger partial charge in [0.05, 0.1) is 17.4 Å². The predicted molar refractivity (Wildman–Crippen MR) is 78.4 cm³/mol. The van der Waals surface area contributed by atoms with Gasteiger partial charge in [0, 0.05) is 30.0 Å². The fourth-order valence-corrected chi connectivity index (χ4v) is 2.75. The van der Waals surface area contributed by atoms with E-state index in [1.165, 1.54) is 25.2 Å². The molecule has 108 valence electrons. The van der Waals surface area contributed by atoms with Crippen LogP contribution in [0.15, 0.2) is 23.8 Å². The van der Waals surface area contributed by atoms with Gasteiger partial charge in [-0.2, -0.15) is 5.10 Å². The van der Waals surface area contributed by atoms with Crippen molar-refractivity contribution >= 4 is 34.0 Å². The summed E-state index contributed by atoms with van der Waals surface area (Å²) in [6.45, 7) is 2.86. The van der Waals surface area contributed by atoms with Crippen LogP contribution in [0.2, 0.25) is 0 Å². The number of halogens is 1. The number of aromatic nitrogens is 4. The number of carbonyl (C=O) groups is 1. The molecule has 1 amide bonds. The molecule has 6 nitrogen and oxygen atoms in total. The van der Waals surface area contributed by atoms with Crippen molar-refractivity contribution in [3.05, 3.63) is 29.5 Å². The van der Waals surface area contributed by atoms with E-state index in [0.717, 1.165) is 10.9 Å². The van der Waals surface area contributed by atoms with Crippen LogP contribution in [0.4, 0.5) is 10.2 Å². The molecule has 3 aromatic rings. The molecule has 0 bridgehead atoms. The molecule has 0 saturated heterocycles. The second-order valence-corrected chi connectivity index (χ2v) is 5.37. The van der Waals surface area contributed by atoms with E-state index in [0.29, 0.717) is 16.6 Å². The lowest BCUT2D eigenvalue weighted by Crippen LogP contribution is -2.07. The topological polar surface area (TPSA) is 72.7 Å². The minimum atomic E-state index is -1.12. The van der Waals surface area contributed by atoms with E-state index >= 15 is 0 Å². The summed E-state index contributed by atoms with van der Waals surface area (Å²) in [5.41, 5.74) is 1.14. The Labute approximate surface area is 123 Å². The molecule has 21 heavy (non-hydrogen) atoms. The summed E-state index contributed by atoms with van der Waals surface area (Å²) in [7, 11) is 0. The molecule has 1 atom stereocenters. The SMILES string of the molecule is CC(=O)Nc1cc2c(cn1)cnn2-c1nc(C(C)F)cs1. The van der Waals surface area contributed by atoms with Crippen LogP contribution in [-0.2, 0) is 4.79 Å². The molecular formula is C13H12FN5OS. The van der Waals surface area contributed by atoms with Gasteiger partial charge in [-0.15, -0.1) is 11.3 Å². The first-order valence-electron chi connectivity index (χ1n) is 6.26. The van der Waals surface area contributed by atoms with E-state index in [4.69, 9.17) is 0 Å². The lowest BCUT2D eigenvalue weighted by atomic mass is 10.3. The van der Waals surface area contributed by atoms with Gasteiger partial charge in [-0.3, -0.25) is 4.79 Å². The second-order valence-electron chi connectivity index (χ2n) is 4.54. The Bertz CT molecular complexity index is 810. The van der Waals surface area contributed by atoms with Crippen LogP contribution in [0.25, 0.3) is 16.0 Å². The van der Waals surface area contributed by atoms with Crippen LogP contribution >= 0.6 is 11.3 Å². The Morgan fingerprint density at radius 2 is 2.29 bits per heavy atom. The summed E-state index contributed by atoms with van der Waals surface area (Å²) < 4.78 is 14.9. The van der Waals surface area contributed by atoms with Crippen molar-refractivity contribution in [2.24, 2.45) is 0 Å². The highest BCUT2D eigenvalue weighted by Crippen LogP contribution is 2.25. The van der Waals surface area contributed by atoms with Crippen molar-refractivity contribution in [3.8, 4) is 5.13 Å². The smallest absolute Gasteiger partial charge is 0.222 e. The third kappa shape index (κ3) is 2.62. The van der Waals surface area contributed by atoms with E-state index in [2.05, 4.69) is 20.4 Å². The summed E-state index contributed by atoms with van der Waals surface area (Å²) in [5.74, 6) is 0.239. The number of nitrogens with zero attached hydrogens (tertiary/aromatic N) is 4. The molecule has 0 radical (unpaired) electrons. The molecular weight excluding hydrogens is 293 g/mol. The molecule has 0 saturated carbocycles. The van der Waals surface area contributed by atoms with Crippen molar-refractivity contribution in [3.63, 3.8) is 0 Å². The molecule has 3 aromatic heterocycles. The minimum absolute atomic E-state index is 0.198. The molecule has 0 aliphatic rings. The van der Waals surface area contributed by atoms with Gasteiger partial charge in [-0.1, -0.05) is 0 Å². The first-order chi connectivity index (χ1) is 10.0. The van der Waals surface area contributed by atoms with Gasteiger partial charge in [0.1, 0.15) is 12.0 Å². The molecule has 0 aromatic carbocycles. The minimum Gasteiger partial charge on any atom is -0.311 e. The van der Waals surface area contributed by atoms with E-state index in [-0.39, 0.29) is 5.91 Å². The van der Waals surface area contributed by atoms with Gasteiger partial charge in [0.15, 0.2) is 0 Å². The van der Waals surface area contributed by atoms with Crippen LogP contribution in [-0.4, -0.2) is 25.7 Å². The van der Waals surface area contributed by atoms with Crippen LogP contribution in [0.5, 0.6) is 0 Å². The highest BCUT2D eigenvalue weighted by atomic mass is 32.1. The number of carbonyl (C=O) groups excluding carboxylic acids is 1. The number of rotatable bonds is 3. The third-order valence-electron chi connectivity index (χ3n) is 2.86. The number of hydrogen-bond acceptors (Lipinski definition) is 5. The zero-order chi connectivity index (χ0) is 15.0. The molecule has 0 aliphatic heterocycles. The number of fused-ring (bicyclic) bond motifs is 1. The second kappa shape index (κ2) is 5.21. The largest absolute Gasteiger partial charge is 0.311 e. The van der Waals surface area contributed by atoms with E-state index in [1.807, 2.05) is 0 Å². The lowest BCUT2D eigenvalue weighted by Gasteiger charge is -2.02. The van der Waals surface area contributed by atoms with Crippen LogP contribution in [0.3, 0.4) is 0 Å². The van der Waals surface area contributed by atoms with Gasteiger partial charge < -0.3 is 5.32 Å². The van der Waals surface area contributed by atoms with Gasteiger partial charge in [-0.05, 0) is 6.92 Å². The molecule has 0 spiro atoms.